The van der Waals surface area contributed by atoms with E-state index in [0.29, 0.717) is 36.5 Å². The molecule has 1 aliphatic carbocycles. The molecule has 2 aromatic carbocycles. The summed E-state index contributed by atoms with van der Waals surface area (Å²) in [7, 11) is 4.21. The van der Waals surface area contributed by atoms with E-state index in [1.165, 1.54) is 0 Å². The Balaban J connectivity index is 1.28. The molecule has 4 atom stereocenters. The summed E-state index contributed by atoms with van der Waals surface area (Å²) in [6, 6.07) is 8.97. The molecular formula is C26H27BrNO6P. The van der Waals surface area contributed by atoms with Crippen LogP contribution in [0.4, 0.5) is 0 Å². The van der Waals surface area contributed by atoms with Crippen molar-refractivity contribution in [1.29, 1.82) is 0 Å². The molecule has 2 heterocycles. The highest BCUT2D eigenvalue weighted by Gasteiger charge is 2.36. The van der Waals surface area contributed by atoms with Crippen molar-refractivity contribution in [3.63, 3.8) is 0 Å². The number of hydrogen-bond donors (Lipinski definition) is 0. The predicted octanol–water partition coefficient (Wildman–Crippen LogP) is 3.99. The zero-order valence-corrected chi connectivity index (χ0v) is 22.2. The number of aryl methyl sites for hydroxylation is 1. The maximum absolute atomic E-state index is 12.8. The summed E-state index contributed by atoms with van der Waals surface area (Å²) in [6.07, 6.45) is 2.24. The number of esters is 1. The first kappa shape index (κ1) is 24.6. The van der Waals surface area contributed by atoms with Gasteiger partial charge in [0.05, 0.1) is 11.4 Å². The van der Waals surface area contributed by atoms with Crippen LogP contribution in [0.3, 0.4) is 0 Å². The highest BCUT2D eigenvalue weighted by molar-refractivity contribution is 9.10. The first-order valence-electron chi connectivity index (χ1n) is 11.7. The maximum atomic E-state index is 12.8. The quantitative estimate of drug-likeness (QED) is 0.229. The minimum atomic E-state index is -0.396. The molecule has 35 heavy (non-hydrogen) atoms. The molecule has 3 aliphatic rings. The molecule has 2 aromatic rings. The molecule has 0 saturated carbocycles. The summed E-state index contributed by atoms with van der Waals surface area (Å²) >= 11 is 3.46. The van der Waals surface area contributed by atoms with Gasteiger partial charge in [-0.3, -0.25) is 19.1 Å². The number of alkyl halides is 1. The normalized spacial score (nSPS) is 23.2. The topological polar surface area (TPSA) is 82.1 Å². The Labute approximate surface area is 214 Å². The van der Waals surface area contributed by atoms with Crippen LogP contribution in [0.1, 0.15) is 44.7 Å². The number of carbonyl (C=O) groups excluding carboxylic acids is 3. The molecule has 0 amide bonds. The molecule has 5 rings (SSSR count). The van der Waals surface area contributed by atoms with Crippen molar-refractivity contribution in [1.82, 2.24) is 4.67 Å². The molecular weight excluding hydrogens is 533 g/mol. The van der Waals surface area contributed by atoms with Crippen molar-refractivity contribution in [3.8, 4) is 16.9 Å². The Bertz CT molecular complexity index is 1200. The second kappa shape index (κ2) is 10.1. The Morgan fingerprint density at radius 2 is 2.00 bits per heavy atom. The maximum Gasteiger partial charge on any atom is 0.324 e. The van der Waals surface area contributed by atoms with Gasteiger partial charge in [-0.25, -0.2) is 0 Å². The first-order valence-corrected chi connectivity index (χ1v) is 13.1. The van der Waals surface area contributed by atoms with Gasteiger partial charge in [0.1, 0.15) is 18.4 Å². The Morgan fingerprint density at radius 1 is 1.17 bits per heavy atom. The average molecular weight is 560 g/mol. The minimum Gasteiger partial charge on any atom is -0.488 e. The SMILES string of the molecule is COC[C@H]1C[C@@H](C(=O)OCC(=O)c2ccc3c(c2)COc2cc4c(cc2-3)CCC(Br)C4=O)N(P)C1. The molecule has 0 aromatic heterocycles. The molecule has 7 nitrogen and oxygen atoms in total. The van der Waals surface area contributed by atoms with Gasteiger partial charge >= 0.3 is 5.97 Å². The van der Waals surface area contributed by atoms with Crippen molar-refractivity contribution in [2.75, 3.05) is 26.9 Å². The van der Waals surface area contributed by atoms with E-state index in [1.807, 2.05) is 22.9 Å². The molecule has 184 valence electrons. The van der Waals surface area contributed by atoms with E-state index in [1.54, 1.807) is 19.2 Å². The summed E-state index contributed by atoms with van der Waals surface area (Å²) < 4.78 is 18.4. The fourth-order valence-corrected chi connectivity index (χ4v) is 6.15. The van der Waals surface area contributed by atoms with Gasteiger partial charge in [0.2, 0.25) is 0 Å². The van der Waals surface area contributed by atoms with E-state index in [9.17, 15) is 14.4 Å². The van der Waals surface area contributed by atoms with Crippen LogP contribution in [-0.4, -0.2) is 59.9 Å². The van der Waals surface area contributed by atoms with Gasteiger partial charge in [-0.2, -0.15) is 0 Å². The second-order valence-electron chi connectivity index (χ2n) is 9.34. The fraction of sp³-hybridized carbons (Fsp3) is 0.423. The van der Waals surface area contributed by atoms with Crippen LogP contribution in [0.25, 0.3) is 11.1 Å². The molecule has 0 bridgehead atoms. The van der Waals surface area contributed by atoms with Crippen LogP contribution in [0.5, 0.6) is 5.75 Å². The lowest BCUT2D eigenvalue weighted by atomic mass is 9.85. The lowest BCUT2D eigenvalue weighted by molar-refractivity contribution is -0.146. The summed E-state index contributed by atoms with van der Waals surface area (Å²) in [5.41, 5.74) is 5.03. The van der Waals surface area contributed by atoms with Gasteiger partial charge < -0.3 is 14.2 Å². The number of rotatable bonds is 6. The van der Waals surface area contributed by atoms with Crippen LogP contribution >= 0.6 is 25.3 Å². The number of Topliss-reactive ketones (excluding diaryl/α,β-unsaturated/α-hetero) is 2. The lowest BCUT2D eigenvalue weighted by Gasteiger charge is -2.26. The van der Waals surface area contributed by atoms with Crippen molar-refractivity contribution >= 4 is 42.9 Å². The Hall–Kier alpha value is -2.12. The zero-order chi connectivity index (χ0) is 24.7. The molecule has 1 saturated heterocycles. The van der Waals surface area contributed by atoms with E-state index >= 15 is 0 Å². The number of carbonyl (C=O) groups is 3. The van der Waals surface area contributed by atoms with E-state index in [0.717, 1.165) is 41.6 Å². The molecule has 0 radical (unpaired) electrons. The largest absolute Gasteiger partial charge is 0.488 e. The highest BCUT2D eigenvalue weighted by atomic mass is 79.9. The zero-order valence-electron chi connectivity index (χ0n) is 19.4. The van der Waals surface area contributed by atoms with Crippen molar-refractivity contribution < 1.29 is 28.6 Å². The summed E-state index contributed by atoms with van der Waals surface area (Å²) in [6.45, 7) is 1.32. The number of fused-ring (bicyclic) bond motifs is 4. The van der Waals surface area contributed by atoms with Gasteiger partial charge in [-0.05, 0) is 60.1 Å². The van der Waals surface area contributed by atoms with Crippen LogP contribution in [-0.2, 0) is 27.3 Å². The molecule has 9 heteroatoms. The fourth-order valence-electron chi connectivity index (χ4n) is 5.13. The van der Waals surface area contributed by atoms with E-state index in [4.69, 9.17) is 14.2 Å². The molecule has 0 spiro atoms. The summed E-state index contributed by atoms with van der Waals surface area (Å²) in [4.78, 5) is 37.8. The number of ether oxygens (including phenoxy) is 3. The standard InChI is InChI=1S/C26H27BrNO6P/c1-32-11-14-6-22(28(35)10-14)26(31)34-13-23(29)16-2-4-18-17(7-16)12-33-24-9-19-15(8-20(18)24)3-5-21(27)25(19)30/h2,4,7-9,14,21-22H,3,5-6,10-13,35H2,1H3/t14-,21?,22-/m0/s1. The number of benzene rings is 2. The number of hydrogen-bond acceptors (Lipinski definition) is 7. The molecule has 2 aliphatic heterocycles. The number of ketones is 2. The van der Waals surface area contributed by atoms with Crippen LogP contribution in [0, 0.1) is 5.92 Å². The molecule has 1 fully saturated rings. The number of halogens is 1. The minimum absolute atomic E-state index is 0.0931. The lowest BCUT2D eigenvalue weighted by Crippen LogP contribution is -2.32. The van der Waals surface area contributed by atoms with Gasteiger partial charge in [0.25, 0.3) is 0 Å². The van der Waals surface area contributed by atoms with Crippen LogP contribution in [0.15, 0.2) is 30.3 Å². The van der Waals surface area contributed by atoms with Crippen LogP contribution in [0.2, 0.25) is 0 Å². The molecule has 0 N–H and O–H groups in total. The van der Waals surface area contributed by atoms with E-state index < -0.39 is 5.97 Å². The van der Waals surface area contributed by atoms with Gasteiger partial charge in [-0.1, -0.05) is 37.5 Å². The van der Waals surface area contributed by atoms with Gasteiger partial charge in [0.15, 0.2) is 18.2 Å². The Morgan fingerprint density at radius 3 is 2.80 bits per heavy atom. The predicted molar refractivity (Wildman–Crippen MR) is 137 cm³/mol. The first-order chi connectivity index (χ1) is 16.9. The van der Waals surface area contributed by atoms with Gasteiger partial charge in [0, 0.05) is 30.3 Å². The van der Waals surface area contributed by atoms with Gasteiger partial charge in [-0.15, -0.1) is 0 Å². The van der Waals surface area contributed by atoms with Crippen molar-refractivity contribution in [3.05, 3.63) is 52.6 Å². The number of methoxy groups -OCH3 is 1. The Kier molecular flexibility index (Phi) is 7.09. The van der Waals surface area contributed by atoms with E-state index in [2.05, 4.69) is 25.3 Å². The van der Waals surface area contributed by atoms with Crippen LogP contribution < -0.4 is 4.74 Å². The molecule has 2 unspecified atom stereocenters. The third-order valence-electron chi connectivity index (χ3n) is 6.97. The summed E-state index contributed by atoms with van der Waals surface area (Å²) in [5.74, 6) is 0.388. The van der Waals surface area contributed by atoms with Crippen molar-refractivity contribution in [2.45, 2.75) is 36.7 Å². The second-order valence-corrected chi connectivity index (χ2v) is 11.1. The third-order valence-corrected chi connectivity index (χ3v) is 8.41. The third kappa shape index (κ3) is 4.82. The van der Waals surface area contributed by atoms with Crippen molar-refractivity contribution in [2.24, 2.45) is 5.92 Å². The monoisotopic (exact) mass is 559 g/mol. The van der Waals surface area contributed by atoms with E-state index in [-0.39, 0.29) is 35.0 Å². The highest BCUT2D eigenvalue weighted by Crippen LogP contribution is 2.41. The smallest absolute Gasteiger partial charge is 0.324 e. The number of nitrogens with zero attached hydrogens (tertiary/aromatic N) is 1. The average Bonchev–Trinajstić information content (AvgIpc) is 3.23. The summed E-state index contributed by atoms with van der Waals surface area (Å²) in [5, 5.41) is 0.